The van der Waals surface area contributed by atoms with Crippen LogP contribution in [0.5, 0.6) is 0 Å². The van der Waals surface area contributed by atoms with Crippen LogP contribution in [0.1, 0.15) is 101 Å². The van der Waals surface area contributed by atoms with Crippen molar-refractivity contribution in [2.24, 2.45) is 17.8 Å². The van der Waals surface area contributed by atoms with Gasteiger partial charge in [-0.3, -0.25) is 0 Å². The van der Waals surface area contributed by atoms with Crippen LogP contribution in [-0.2, 0) is 6.42 Å². The molecule has 0 amide bonds. The third-order valence-corrected chi connectivity index (χ3v) is 7.66. The van der Waals surface area contributed by atoms with Gasteiger partial charge in [0.25, 0.3) is 0 Å². The molecule has 2 fully saturated rings. The Morgan fingerprint density at radius 1 is 0.867 bits per heavy atom. The molecule has 0 spiro atoms. The zero-order chi connectivity index (χ0) is 21.0. The summed E-state index contributed by atoms with van der Waals surface area (Å²) in [5, 5.41) is 8.54. The highest BCUT2D eigenvalue weighted by Crippen LogP contribution is 2.40. The molecule has 0 saturated heterocycles. The van der Waals surface area contributed by atoms with Crippen LogP contribution >= 0.6 is 0 Å². The van der Waals surface area contributed by atoms with Gasteiger partial charge < -0.3 is 0 Å². The van der Waals surface area contributed by atoms with Crippen LogP contribution in [0.15, 0.2) is 48.6 Å². The van der Waals surface area contributed by atoms with Gasteiger partial charge in [-0.15, -0.1) is 0 Å². The first-order valence-electron chi connectivity index (χ1n) is 12.6. The van der Waals surface area contributed by atoms with Gasteiger partial charge in [0.1, 0.15) is 0 Å². The van der Waals surface area contributed by atoms with Crippen molar-refractivity contribution in [1.29, 1.82) is 5.26 Å². The molecule has 0 aliphatic heterocycles. The highest BCUT2D eigenvalue weighted by molar-refractivity contribution is 5.26. The van der Waals surface area contributed by atoms with E-state index in [1.54, 1.807) is 11.6 Å². The lowest BCUT2D eigenvalue weighted by molar-refractivity contribution is 0.246. The first kappa shape index (κ1) is 22.9. The van der Waals surface area contributed by atoms with Crippen molar-refractivity contribution in [3.63, 3.8) is 0 Å². The quantitative estimate of drug-likeness (QED) is 0.299. The summed E-state index contributed by atoms with van der Waals surface area (Å²) in [7, 11) is 0. The van der Waals surface area contributed by atoms with Crippen molar-refractivity contribution < 1.29 is 0 Å². The molecule has 1 aromatic rings. The molecule has 30 heavy (non-hydrogen) atoms. The predicted octanol–water partition coefficient (Wildman–Crippen LogP) is 8.53. The molecule has 0 aromatic heterocycles. The lowest BCUT2D eigenvalue weighted by atomic mass is 9.74. The minimum absolute atomic E-state index is 0.730. The average Bonchev–Trinajstić information content (AvgIpc) is 2.81. The maximum Gasteiger partial charge on any atom is 0.0912 e. The highest BCUT2D eigenvalue weighted by Gasteiger charge is 2.24. The van der Waals surface area contributed by atoms with E-state index in [1.807, 2.05) is 12.1 Å². The molecule has 2 aliphatic rings. The van der Waals surface area contributed by atoms with Crippen molar-refractivity contribution in [2.45, 2.75) is 96.3 Å². The topological polar surface area (TPSA) is 23.8 Å². The van der Waals surface area contributed by atoms with Gasteiger partial charge in [-0.1, -0.05) is 68.7 Å². The number of unbranched alkanes of at least 4 members (excludes halogenated alkanes) is 1. The molecule has 0 atom stereocenters. The molecule has 0 bridgehead atoms. The van der Waals surface area contributed by atoms with Crippen LogP contribution in [0.2, 0.25) is 0 Å². The zero-order valence-electron chi connectivity index (χ0n) is 19.1. The fourth-order valence-electron chi connectivity index (χ4n) is 5.58. The summed E-state index contributed by atoms with van der Waals surface area (Å²) in [6.45, 7) is 2.27. The fraction of sp³-hybridized carbons (Fsp3) is 0.621. The molecule has 0 radical (unpaired) electrons. The Hall–Kier alpha value is -1.81. The average molecular weight is 404 g/mol. The van der Waals surface area contributed by atoms with E-state index in [4.69, 9.17) is 5.26 Å². The van der Waals surface area contributed by atoms with Crippen molar-refractivity contribution in [2.75, 3.05) is 0 Å². The van der Waals surface area contributed by atoms with Crippen LogP contribution in [0, 0.1) is 29.1 Å². The summed E-state index contributed by atoms with van der Waals surface area (Å²) in [5.74, 6) is 3.46. The molecule has 0 N–H and O–H groups in total. The first-order chi connectivity index (χ1) is 14.8. The number of nitriles is 1. The van der Waals surface area contributed by atoms with Crippen LogP contribution < -0.4 is 0 Å². The van der Waals surface area contributed by atoms with Crippen molar-refractivity contribution >= 4 is 0 Å². The molecular formula is C29H41N. The number of aryl methyl sites for hydroxylation is 1. The molecular weight excluding hydrogens is 362 g/mol. The molecule has 1 nitrogen and oxygen atoms in total. The van der Waals surface area contributed by atoms with Crippen molar-refractivity contribution in [3.8, 4) is 6.07 Å². The second kappa shape index (κ2) is 12.8. The predicted molar refractivity (Wildman–Crippen MR) is 128 cm³/mol. The molecule has 2 aliphatic carbocycles. The summed E-state index contributed by atoms with van der Waals surface area (Å²) < 4.78 is 0. The Morgan fingerprint density at radius 3 is 2.10 bits per heavy atom. The van der Waals surface area contributed by atoms with Gasteiger partial charge in [0.15, 0.2) is 0 Å². The van der Waals surface area contributed by atoms with Gasteiger partial charge in [-0.05, 0) is 99.0 Å². The minimum atomic E-state index is 0.730. The van der Waals surface area contributed by atoms with E-state index in [0.717, 1.165) is 23.7 Å². The van der Waals surface area contributed by atoms with E-state index in [2.05, 4.69) is 43.3 Å². The smallest absolute Gasteiger partial charge is 0.0912 e. The molecule has 1 heteroatoms. The lowest BCUT2D eigenvalue weighted by Gasteiger charge is -2.31. The Morgan fingerprint density at radius 2 is 1.50 bits per heavy atom. The maximum absolute atomic E-state index is 8.54. The summed E-state index contributed by atoms with van der Waals surface area (Å²) in [6, 6.07) is 11.6. The largest absolute Gasteiger partial charge is 0.193 e. The van der Waals surface area contributed by atoms with Gasteiger partial charge >= 0.3 is 0 Å². The Bertz CT molecular complexity index is 689. The van der Waals surface area contributed by atoms with Crippen LogP contribution in [0.25, 0.3) is 0 Å². The SMILES string of the molecule is CCCCc1ccc(C2CCC(CCC3CCC(C=CC=CC#N)CC3)CC2)cc1. The van der Waals surface area contributed by atoms with Gasteiger partial charge in [0.2, 0.25) is 0 Å². The minimum Gasteiger partial charge on any atom is -0.193 e. The molecule has 3 rings (SSSR count). The molecule has 0 heterocycles. The van der Waals surface area contributed by atoms with E-state index in [9.17, 15) is 0 Å². The molecule has 1 aromatic carbocycles. The van der Waals surface area contributed by atoms with Crippen molar-refractivity contribution in [1.82, 2.24) is 0 Å². The third-order valence-electron chi connectivity index (χ3n) is 7.66. The molecule has 0 unspecified atom stereocenters. The van der Waals surface area contributed by atoms with Gasteiger partial charge in [0.05, 0.1) is 6.07 Å². The van der Waals surface area contributed by atoms with E-state index >= 15 is 0 Å². The van der Waals surface area contributed by atoms with E-state index < -0.39 is 0 Å². The Labute approximate surface area is 185 Å². The Kier molecular flexibility index (Phi) is 9.75. The summed E-state index contributed by atoms with van der Waals surface area (Å²) >= 11 is 0. The number of allylic oxidation sites excluding steroid dienone is 4. The van der Waals surface area contributed by atoms with E-state index in [0.29, 0.717) is 0 Å². The lowest BCUT2D eigenvalue weighted by Crippen LogP contribution is -2.17. The highest BCUT2D eigenvalue weighted by atomic mass is 14.3. The van der Waals surface area contributed by atoms with Crippen molar-refractivity contribution in [3.05, 3.63) is 59.7 Å². The van der Waals surface area contributed by atoms with Crippen LogP contribution in [-0.4, -0.2) is 0 Å². The van der Waals surface area contributed by atoms with Crippen LogP contribution in [0.3, 0.4) is 0 Å². The number of nitrogens with zero attached hydrogens (tertiary/aromatic N) is 1. The van der Waals surface area contributed by atoms with Gasteiger partial charge in [-0.2, -0.15) is 5.26 Å². The van der Waals surface area contributed by atoms with Crippen LogP contribution in [0.4, 0.5) is 0 Å². The number of rotatable bonds is 9. The fourth-order valence-corrected chi connectivity index (χ4v) is 5.58. The van der Waals surface area contributed by atoms with Gasteiger partial charge in [-0.25, -0.2) is 0 Å². The Balaban J connectivity index is 1.32. The second-order valence-electron chi connectivity index (χ2n) is 9.79. The second-order valence-corrected chi connectivity index (χ2v) is 9.79. The zero-order valence-corrected chi connectivity index (χ0v) is 19.1. The molecule has 2 saturated carbocycles. The molecule has 162 valence electrons. The number of hydrogen-bond donors (Lipinski definition) is 0. The van der Waals surface area contributed by atoms with E-state index in [1.165, 1.54) is 89.0 Å². The monoisotopic (exact) mass is 403 g/mol. The maximum atomic E-state index is 8.54. The third kappa shape index (κ3) is 7.46. The number of hydrogen-bond acceptors (Lipinski definition) is 1. The normalized spacial score (nSPS) is 27.5. The summed E-state index contributed by atoms with van der Waals surface area (Å²) in [5.41, 5.74) is 3.10. The van der Waals surface area contributed by atoms with Gasteiger partial charge in [0, 0.05) is 6.08 Å². The summed E-state index contributed by atoms with van der Waals surface area (Å²) in [6.07, 6.45) is 25.7. The summed E-state index contributed by atoms with van der Waals surface area (Å²) in [4.78, 5) is 0. The van der Waals surface area contributed by atoms with E-state index in [-0.39, 0.29) is 0 Å². The first-order valence-corrected chi connectivity index (χ1v) is 12.6. The standard InChI is InChI=1S/C29H41N/c1-2-3-7-24-15-19-28(20-16-24)29-21-17-27(18-22-29)14-13-26-11-9-25(10-12-26)8-5-4-6-23-30/h4-6,8,15-16,19-20,25-27,29H,2-3,7,9-14,17-18,21-22H2,1H3. The number of benzene rings is 1.